The molecule has 2 aromatic heterocycles. The number of anilines is 1. The molecule has 0 saturated carbocycles. The number of aromatic nitrogens is 2. The fourth-order valence-corrected chi connectivity index (χ4v) is 2.59. The smallest absolute Gasteiger partial charge is 0.301 e. The minimum Gasteiger partial charge on any atom is -0.454 e. The van der Waals surface area contributed by atoms with Gasteiger partial charge in [0, 0.05) is 12.3 Å². The van der Waals surface area contributed by atoms with Crippen molar-refractivity contribution in [2.45, 2.75) is 6.92 Å². The van der Waals surface area contributed by atoms with E-state index in [2.05, 4.69) is 10.3 Å². The van der Waals surface area contributed by atoms with Crippen molar-refractivity contribution >= 4 is 11.9 Å². The van der Waals surface area contributed by atoms with Gasteiger partial charge in [-0.15, -0.1) is 0 Å². The Bertz CT molecular complexity index is 1010. The van der Waals surface area contributed by atoms with Gasteiger partial charge >= 0.3 is 6.01 Å². The monoisotopic (exact) mass is 339 g/mol. The lowest BCUT2D eigenvalue weighted by Gasteiger charge is -2.11. The first kappa shape index (κ1) is 15.0. The van der Waals surface area contributed by atoms with Crippen molar-refractivity contribution in [2.75, 3.05) is 12.1 Å². The molecule has 0 atom stereocenters. The number of hydrogen-bond donors (Lipinski definition) is 1. The normalized spacial score (nSPS) is 12.2. The third kappa shape index (κ3) is 2.63. The van der Waals surface area contributed by atoms with Gasteiger partial charge in [-0.2, -0.15) is 0 Å². The average molecular weight is 339 g/mol. The number of nitrogens with one attached hydrogen (secondary N) is 1. The van der Waals surface area contributed by atoms with Crippen LogP contribution in [0.5, 0.6) is 11.5 Å². The summed E-state index contributed by atoms with van der Waals surface area (Å²) in [5.41, 5.74) is 0.673. The molecular weight excluding hydrogens is 326 g/mol. The van der Waals surface area contributed by atoms with Crippen LogP contribution in [0.25, 0.3) is 5.69 Å². The molecule has 8 nitrogen and oxygen atoms in total. The molecule has 1 aromatic carbocycles. The van der Waals surface area contributed by atoms with Crippen LogP contribution in [0.2, 0.25) is 0 Å². The van der Waals surface area contributed by atoms with Gasteiger partial charge in [-0.05, 0) is 30.7 Å². The fraction of sp³-hybridized carbons (Fsp3) is 0.118. The van der Waals surface area contributed by atoms with Crippen LogP contribution in [-0.2, 0) is 0 Å². The van der Waals surface area contributed by atoms with Crippen molar-refractivity contribution in [3.8, 4) is 17.2 Å². The fourth-order valence-electron chi connectivity index (χ4n) is 2.59. The molecule has 0 spiro atoms. The Balaban J connectivity index is 1.75. The predicted octanol–water partition coefficient (Wildman–Crippen LogP) is 2.11. The molecule has 8 heteroatoms. The van der Waals surface area contributed by atoms with Crippen molar-refractivity contribution in [3.63, 3.8) is 0 Å². The minimum absolute atomic E-state index is 0.0124. The van der Waals surface area contributed by atoms with E-state index in [-0.39, 0.29) is 18.4 Å². The SMILES string of the molecule is Cc1ccn(-c2ccc3c(c2)OCO3)c(=O)c1C(=O)Nc1ncco1. The number of carbonyl (C=O) groups is 1. The van der Waals surface area contributed by atoms with Gasteiger partial charge in [-0.3, -0.25) is 19.5 Å². The van der Waals surface area contributed by atoms with Crippen molar-refractivity contribution in [2.24, 2.45) is 0 Å². The van der Waals surface area contributed by atoms with E-state index in [1.807, 2.05) is 0 Å². The van der Waals surface area contributed by atoms with Gasteiger partial charge in [0.2, 0.25) is 6.79 Å². The van der Waals surface area contributed by atoms with Crippen LogP contribution in [0.4, 0.5) is 6.01 Å². The predicted molar refractivity (Wildman–Crippen MR) is 87.4 cm³/mol. The second-order valence-electron chi connectivity index (χ2n) is 5.38. The van der Waals surface area contributed by atoms with Gasteiger partial charge in [-0.25, -0.2) is 4.98 Å². The summed E-state index contributed by atoms with van der Waals surface area (Å²) < 4.78 is 17.0. The summed E-state index contributed by atoms with van der Waals surface area (Å²) in [7, 11) is 0. The Morgan fingerprint density at radius 1 is 1.24 bits per heavy atom. The Morgan fingerprint density at radius 3 is 2.88 bits per heavy atom. The third-order valence-electron chi connectivity index (χ3n) is 3.81. The molecule has 4 rings (SSSR count). The number of nitrogens with zero attached hydrogens (tertiary/aromatic N) is 2. The number of rotatable bonds is 3. The minimum atomic E-state index is -0.583. The maximum absolute atomic E-state index is 12.8. The van der Waals surface area contributed by atoms with Crippen LogP contribution < -0.4 is 20.3 Å². The topological polar surface area (TPSA) is 95.6 Å². The van der Waals surface area contributed by atoms with E-state index in [0.29, 0.717) is 22.7 Å². The number of oxazole rings is 1. The Labute approximate surface area is 141 Å². The average Bonchev–Trinajstić information content (AvgIpc) is 3.25. The maximum Gasteiger partial charge on any atom is 0.301 e. The molecule has 3 aromatic rings. The molecule has 0 saturated heterocycles. The van der Waals surface area contributed by atoms with E-state index in [1.165, 1.54) is 17.0 Å². The van der Waals surface area contributed by atoms with E-state index in [9.17, 15) is 9.59 Å². The summed E-state index contributed by atoms with van der Waals surface area (Å²) in [4.78, 5) is 29.1. The molecule has 0 unspecified atom stereocenters. The van der Waals surface area contributed by atoms with E-state index < -0.39 is 11.5 Å². The molecule has 1 N–H and O–H groups in total. The lowest BCUT2D eigenvalue weighted by molar-refractivity contribution is 0.102. The number of carbonyl (C=O) groups excluding carboxylic acids is 1. The zero-order chi connectivity index (χ0) is 17.4. The zero-order valence-electron chi connectivity index (χ0n) is 13.2. The number of aryl methyl sites for hydroxylation is 1. The summed E-state index contributed by atoms with van der Waals surface area (Å²) in [6.07, 6.45) is 4.34. The van der Waals surface area contributed by atoms with Crippen molar-refractivity contribution in [1.29, 1.82) is 0 Å². The third-order valence-corrected chi connectivity index (χ3v) is 3.81. The first-order chi connectivity index (χ1) is 12.1. The quantitative estimate of drug-likeness (QED) is 0.785. The van der Waals surface area contributed by atoms with E-state index in [1.54, 1.807) is 37.4 Å². The number of fused-ring (bicyclic) bond motifs is 1. The van der Waals surface area contributed by atoms with Crippen LogP contribution in [0.3, 0.4) is 0 Å². The van der Waals surface area contributed by atoms with Crippen LogP contribution in [-0.4, -0.2) is 22.3 Å². The molecule has 1 aliphatic heterocycles. The molecule has 3 heterocycles. The van der Waals surface area contributed by atoms with Gasteiger partial charge in [0.1, 0.15) is 11.8 Å². The number of benzene rings is 1. The number of ether oxygens (including phenoxy) is 2. The summed E-state index contributed by atoms with van der Waals surface area (Å²) in [5.74, 6) is 0.585. The largest absolute Gasteiger partial charge is 0.454 e. The van der Waals surface area contributed by atoms with Gasteiger partial charge in [-0.1, -0.05) is 0 Å². The first-order valence-electron chi connectivity index (χ1n) is 7.46. The van der Waals surface area contributed by atoms with Crippen LogP contribution in [0, 0.1) is 6.92 Å². The van der Waals surface area contributed by atoms with E-state index in [4.69, 9.17) is 13.9 Å². The second kappa shape index (κ2) is 5.82. The molecule has 0 bridgehead atoms. The van der Waals surface area contributed by atoms with Crippen molar-refractivity contribution in [1.82, 2.24) is 9.55 Å². The molecule has 0 radical (unpaired) electrons. The van der Waals surface area contributed by atoms with E-state index in [0.717, 1.165) is 0 Å². The van der Waals surface area contributed by atoms with Gasteiger partial charge in [0.05, 0.1) is 11.9 Å². The Hall–Kier alpha value is -3.55. The molecule has 0 aliphatic carbocycles. The maximum atomic E-state index is 12.8. The summed E-state index contributed by atoms with van der Waals surface area (Å²) in [6.45, 7) is 1.83. The van der Waals surface area contributed by atoms with Crippen molar-refractivity contribution < 1.29 is 18.7 Å². The summed E-state index contributed by atoms with van der Waals surface area (Å²) in [5, 5.41) is 2.47. The summed E-state index contributed by atoms with van der Waals surface area (Å²) >= 11 is 0. The number of amides is 1. The molecule has 25 heavy (non-hydrogen) atoms. The van der Waals surface area contributed by atoms with Crippen molar-refractivity contribution in [3.05, 3.63) is 64.4 Å². The van der Waals surface area contributed by atoms with Gasteiger partial charge in [0.15, 0.2) is 11.5 Å². The Kier molecular flexibility index (Phi) is 3.50. The molecule has 1 amide bonds. The zero-order valence-corrected chi connectivity index (χ0v) is 13.2. The van der Waals surface area contributed by atoms with Crippen LogP contribution in [0.15, 0.2) is 52.1 Å². The Morgan fingerprint density at radius 2 is 2.08 bits per heavy atom. The molecular formula is C17H13N3O5. The highest BCUT2D eigenvalue weighted by atomic mass is 16.7. The van der Waals surface area contributed by atoms with Crippen LogP contribution in [0.1, 0.15) is 15.9 Å². The first-order valence-corrected chi connectivity index (χ1v) is 7.46. The standard InChI is InChI=1S/C17H13N3O5/c1-10-4-6-20(11-2-3-12-13(8-11)25-9-24-12)16(22)14(10)15(21)19-17-18-5-7-23-17/h2-8H,9H2,1H3,(H,18,19,21). The highest BCUT2D eigenvalue weighted by molar-refractivity contribution is 6.03. The lowest BCUT2D eigenvalue weighted by Crippen LogP contribution is -2.29. The second-order valence-corrected chi connectivity index (χ2v) is 5.38. The summed E-state index contributed by atoms with van der Waals surface area (Å²) in [6, 6.07) is 6.85. The van der Waals surface area contributed by atoms with Crippen LogP contribution >= 0.6 is 0 Å². The van der Waals surface area contributed by atoms with Gasteiger partial charge in [0.25, 0.3) is 11.5 Å². The molecule has 1 aliphatic rings. The lowest BCUT2D eigenvalue weighted by atomic mass is 10.1. The van der Waals surface area contributed by atoms with Gasteiger partial charge < -0.3 is 13.9 Å². The highest BCUT2D eigenvalue weighted by Gasteiger charge is 2.19. The van der Waals surface area contributed by atoms with E-state index >= 15 is 0 Å². The number of hydrogen-bond acceptors (Lipinski definition) is 6. The molecule has 126 valence electrons. The highest BCUT2D eigenvalue weighted by Crippen LogP contribution is 2.33. The number of pyridine rings is 1. The molecule has 0 fully saturated rings.